The smallest absolute Gasteiger partial charge is 0.231 e. The summed E-state index contributed by atoms with van der Waals surface area (Å²) in [6, 6.07) is 3.33. The van der Waals surface area contributed by atoms with Gasteiger partial charge in [0.1, 0.15) is 0 Å². The van der Waals surface area contributed by atoms with Gasteiger partial charge in [-0.15, -0.1) is 0 Å². The van der Waals surface area contributed by atoms with Crippen LogP contribution in [0.1, 0.15) is 24.3 Å². The van der Waals surface area contributed by atoms with Crippen LogP contribution in [-0.2, 0) is 6.54 Å². The van der Waals surface area contributed by atoms with Crippen LogP contribution < -0.4 is 14.9 Å². The van der Waals surface area contributed by atoms with Crippen LogP contribution in [0.3, 0.4) is 0 Å². The van der Waals surface area contributed by atoms with E-state index in [9.17, 15) is 9.59 Å². The zero-order valence-corrected chi connectivity index (χ0v) is 10.6. The number of rotatable bonds is 2. The summed E-state index contributed by atoms with van der Waals surface area (Å²) in [5.74, 6) is 0.770. The van der Waals surface area contributed by atoms with Gasteiger partial charge in [-0.05, 0) is 13.0 Å². The Labute approximate surface area is 108 Å². The number of ketones is 1. The molecular formula is C13H12N2O4. The maximum atomic E-state index is 12.2. The van der Waals surface area contributed by atoms with Crippen LogP contribution >= 0.6 is 0 Å². The van der Waals surface area contributed by atoms with Crippen LogP contribution in [0.4, 0.5) is 0 Å². The summed E-state index contributed by atoms with van der Waals surface area (Å²) >= 11 is 0. The highest BCUT2D eigenvalue weighted by atomic mass is 16.7. The summed E-state index contributed by atoms with van der Waals surface area (Å²) < 4.78 is 12.2. The van der Waals surface area contributed by atoms with Crippen LogP contribution in [0.15, 0.2) is 16.9 Å². The second-order valence-corrected chi connectivity index (χ2v) is 4.27. The number of hydrogen-bond donors (Lipinski definition) is 0. The minimum atomic E-state index is -0.370. The molecule has 1 aromatic heterocycles. The number of carbonyl (C=O) groups excluding carboxylic acids is 1. The van der Waals surface area contributed by atoms with Crippen molar-refractivity contribution in [1.82, 2.24) is 9.78 Å². The Balaban J connectivity index is 2.43. The lowest BCUT2D eigenvalue weighted by Crippen LogP contribution is -2.21. The third-order valence-electron chi connectivity index (χ3n) is 3.08. The van der Waals surface area contributed by atoms with E-state index in [2.05, 4.69) is 5.10 Å². The molecule has 6 heteroatoms. The maximum Gasteiger partial charge on any atom is 0.231 e. The van der Waals surface area contributed by atoms with Gasteiger partial charge in [-0.25, -0.2) is 0 Å². The molecule has 0 bridgehead atoms. The standard InChI is InChI=1S/C13H12N2O4/c1-3-15-9-5-11-10(18-6-19-11)4-8(9)13(17)12(14-15)7(2)16/h4-5H,3,6H2,1-2H3. The number of benzene rings is 1. The molecule has 0 amide bonds. The number of ether oxygens (including phenoxy) is 2. The van der Waals surface area contributed by atoms with Gasteiger partial charge >= 0.3 is 0 Å². The van der Waals surface area contributed by atoms with Gasteiger partial charge < -0.3 is 9.47 Å². The van der Waals surface area contributed by atoms with Gasteiger partial charge in [-0.2, -0.15) is 5.10 Å². The van der Waals surface area contributed by atoms with Crippen LogP contribution in [-0.4, -0.2) is 22.4 Å². The number of hydrogen-bond acceptors (Lipinski definition) is 5. The molecule has 6 nitrogen and oxygen atoms in total. The highest BCUT2D eigenvalue weighted by molar-refractivity contribution is 5.95. The molecule has 0 radical (unpaired) electrons. The second kappa shape index (κ2) is 4.08. The van der Waals surface area contributed by atoms with Gasteiger partial charge in [0.05, 0.1) is 10.9 Å². The summed E-state index contributed by atoms with van der Waals surface area (Å²) in [4.78, 5) is 23.7. The van der Waals surface area contributed by atoms with Gasteiger partial charge in [-0.1, -0.05) is 0 Å². The summed E-state index contributed by atoms with van der Waals surface area (Å²) in [7, 11) is 0. The van der Waals surface area contributed by atoms with E-state index in [0.29, 0.717) is 28.9 Å². The maximum absolute atomic E-state index is 12.2. The minimum Gasteiger partial charge on any atom is -0.454 e. The van der Waals surface area contributed by atoms with Crippen molar-refractivity contribution in [2.45, 2.75) is 20.4 Å². The summed E-state index contributed by atoms with van der Waals surface area (Å²) in [5, 5.41) is 4.52. The van der Waals surface area contributed by atoms with E-state index in [4.69, 9.17) is 9.47 Å². The molecule has 98 valence electrons. The lowest BCUT2D eigenvalue weighted by molar-refractivity contribution is 0.101. The van der Waals surface area contributed by atoms with E-state index in [1.807, 2.05) is 6.92 Å². The van der Waals surface area contributed by atoms with Gasteiger partial charge in [-0.3, -0.25) is 14.3 Å². The van der Waals surface area contributed by atoms with Crippen LogP contribution in [0, 0.1) is 0 Å². The molecule has 0 unspecified atom stereocenters. The zero-order chi connectivity index (χ0) is 13.6. The first kappa shape index (κ1) is 11.7. The highest BCUT2D eigenvalue weighted by Crippen LogP contribution is 2.34. The third kappa shape index (κ3) is 1.68. The van der Waals surface area contributed by atoms with Crippen LogP contribution in [0.25, 0.3) is 10.9 Å². The fraction of sp³-hybridized carbons (Fsp3) is 0.308. The molecule has 1 aliphatic heterocycles. The molecule has 0 fully saturated rings. The average molecular weight is 260 g/mol. The SMILES string of the molecule is CCn1nc(C(C)=O)c(=O)c2cc3c(cc21)OCO3. The van der Waals surface area contributed by atoms with Gasteiger partial charge in [0.25, 0.3) is 0 Å². The van der Waals surface area contributed by atoms with Crippen LogP contribution in [0.2, 0.25) is 0 Å². The van der Waals surface area contributed by atoms with Crippen molar-refractivity contribution in [3.63, 3.8) is 0 Å². The number of nitrogens with zero attached hydrogens (tertiary/aromatic N) is 2. The fourth-order valence-corrected chi connectivity index (χ4v) is 2.15. The molecule has 0 N–H and O–H groups in total. The van der Waals surface area contributed by atoms with Gasteiger partial charge in [0.15, 0.2) is 23.0 Å². The molecule has 2 aromatic rings. The van der Waals surface area contributed by atoms with Gasteiger partial charge in [0, 0.05) is 19.5 Å². The normalized spacial score (nSPS) is 12.9. The quantitative estimate of drug-likeness (QED) is 0.762. The van der Waals surface area contributed by atoms with Crippen molar-refractivity contribution in [3.05, 3.63) is 28.0 Å². The molecule has 3 rings (SSSR count). The first-order valence-electron chi connectivity index (χ1n) is 5.97. The molecule has 0 aliphatic carbocycles. The van der Waals surface area contributed by atoms with Gasteiger partial charge in [0.2, 0.25) is 12.2 Å². The molecule has 2 heterocycles. The molecule has 19 heavy (non-hydrogen) atoms. The monoisotopic (exact) mass is 260 g/mol. The largest absolute Gasteiger partial charge is 0.454 e. The zero-order valence-electron chi connectivity index (χ0n) is 10.6. The Morgan fingerprint density at radius 1 is 1.37 bits per heavy atom. The molecule has 0 atom stereocenters. The lowest BCUT2D eigenvalue weighted by atomic mass is 10.1. The van der Waals surface area contributed by atoms with Crippen LogP contribution in [0.5, 0.6) is 11.5 Å². The highest BCUT2D eigenvalue weighted by Gasteiger charge is 2.20. The molecule has 0 spiro atoms. The van der Waals surface area contributed by atoms with Crippen molar-refractivity contribution in [2.75, 3.05) is 6.79 Å². The number of aryl methyl sites for hydroxylation is 1. The summed E-state index contributed by atoms with van der Waals surface area (Å²) in [6.45, 7) is 3.92. The van der Waals surface area contributed by atoms with E-state index < -0.39 is 0 Å². The van der Waals surface area contributed by atoms with E-state index in [-0.39, 0.29) is 23.7 Å². The van der Waals surface area contributed by atoms with E-state index in [1.54, 1.807) is 16.8 Å². The van der Waals surface area contributed by atoms with Crippen molar-refractivity contribution in [1.29, 1.82) is 0 Å². The Hall–Kier alpha value is -2.37. The predicted molar refractivity (Wildman–Crippen MR) is 67.8 cm³/mol. The molecule has 1 aromatic carbocycles. The predicted octanol–water partition coefficient (Wildman–Crippen LogP) is 1.35. The second-order valence-electron chi connectivity index (χ2n) is 4.27. The lowest BCUT2D eigenvalue weighted by Gasteiger charge is -2.09. The molecule has 0 saturated carbocycles. The Bertz CT molecular complexity index is 748. The topological polar surface area (TPSA) is 70.4 Å². The van der Waals surface area contributed by atoms with Crippen molar-refractivity contribution in [2.24, 2.45) is 0 Å². The van der Waals surface area contributed by atoms with E-state index in [1.165, 1.54) is 6.92 Å². The Kier molecular flexibility index (Phi) is 2.51. The Morgan fingerprint density at radius 3 is 2.68 bits per heavy atom. The van der Waals surface area contributed by atoms with E-state index >= 15 is 0 Å². The number of aromatic nitrogens is 2. The fourth-order valence-electron chi connectivity index (χ4n) is 2.15. The first-order valence-corrected chi connectivity index (χ1v) is 5.97. The number of Topliss-reactive ketones (excluding diaryl/α,β-unsaturated/α-hetero) is 1. The minimum absolute atomic E-state index is 0.0479. The summed E-state index contributed by atoms with van der Waals surface area (Å²) in [5.41, 5.74) is 0.223. The Morgan fingerprint density at radius 2 is 2.05 bits per heavy atom. The van der Waals surface area contributed by atoms with Crippen molar-refractivity contribution < 1.29 is 14.3 Å². The van der Waals surface area contributed by atoms with Crippen molar-refractivity contribution in [3.8, 4) is 11.5 Å². The molecule has 0 saturated heterocycles. The average Bonchev–Trinajstić information content (AvgIpc) is 2.84. The first-order chi connectivity index (χ1) is 9.11. The number of carbonyl (C=O) groups is 1. The molecular weight excluding hydrogens is 248 g/mol. The third-order valence-corrected chi connectivity index (χ3v) is 3.08. The van der Waals surface area contributed by atoms with Crippen molar-refractivity contribution >= 4 is 16.7 Å². The van der Waals surface area contributed by atoms with E-state index in [0.717, 1.165) is 0 Å². The number of fused-ring (bicyclic) bond motifs is 2. The molecule has 1 aliphatic rings. The summed E-state index contributed by atoms with van der Waals surface area (Å²) in [6.07, 6.45) is 0.